The second-order valence-electron chi connectivity index (χ2n) is 5.46. The van der Waals surface area contributed by atoms with Crippen LogP contribution in [0.3, 0.4) is 0 Å². The highest BCUT2D eigenvalue weighted by Crippen LogP contribution is 2.06. The van der Waals surface area contributed by atoms with Crippen LogP contribution in [0.25, 0.3) is 0 Å². The molecule has 0 unspecified atom stereocenters. The van der Waals surface area contributed by atoms with E-state index in [2.05, 4.69) is 0 Å². The van der Waals surface area contributed by atoms with Gasteiger partial charge in [-0.2, -0.15) is 0 Å². The molecular formula is C19H22ClNO4. The van der Waals surface area contributed by atoms with Crippen molar-refractivity contribution in [1.82, 2.24) is 0 Å². The van der Waals surface area contributed by atoms with Gasteiger partial charge in [0.2, 0.25) is 0 Å². The summed E-state index contributed by atoms with van der Waals surface area (Å²) in [6.07, 6.45) is -0.0411. The van der Waals surface area contributed by atoms with E-state index in [1.54, 1.807) is 0 Å². The molecule has 0 heterocycles. The fourth-order valence-corrected chi connectivity index (χ4v) is 2.09. The molecule has 2 aromatic carbocycles. The van der Waals surface area contributed by atoms with E-state index in [-0.39, 0.29) is 38.5 Å². The number of esters is 2. The summed E-state index contributed by atoms with van der Waals surface area (Å²) in [6.45, 7) is 0.399. The molecule has 0 fully saturated rings. The first-order valence-corrected chi connectivity index (χ1v) is 7.78. The van der Waals surface area contributed by atoms with Gasteiger partial charge in [0.15, 0.2) is 0 Å². The van der Waals surface area contributed by atoms with Gasteiger partial charge in [0.05, 0.1) is 12.8 Å². The number of rotatable bonds is 8. The van der Waals surface area contributed by atoms with E-state index in [1.807, 2.05) is 60.7 Å². The van der Waals surface area contributed by atoms with Crippen molar-refractivity contribution in [3.8, 4) is 0 Å². The van der Waals surface area contributed by atoms with Gasteiger partial charge in [-0.3, -0.25) is 9.59 Å². The van der Waals surface area contributed by atoms with Crippen molar-refractivity contribution < 1.29 is 19.1 Å². The van der Waals surface area contributed by atoms with Crippen molar-refractivity contribution in [1.29, 1.82) is 0 Å². The number of halogens is 1. The maximum Gasteiger partial charge on any atom is 0.307 e. The summed E-state index contributed by atoms with van der Waals surface area (Å²) in [5.74, 6) is -0.857. The molecule has 0 aliphatic heterocycles. The van der Waals surface area contributed by atoms with Gasteiger partial charge in [0, 0.05) is 6.04 Å². The van der Waals surface area contributed by atoms with Crippen molar-refractivity contribution >= 4 is 24.3 Å². The molecule has 0 aliphatic carbocycles. The van der Waals surface area contributed by atoms with Crippen molar-refractivity contribution in [2.75, 3.05) is 0 Å². The SMILES string of the molecule is Cl.NC(CC(=O)OCc1ccccc1)CC(=O)OCc1ccccc1. The van der Waals surface area contributed by atoms with Gasteiger partial charge in [0.1, 0.15) is 13.2 Å². The van der Waals surface area contributed by atoms with Crippen LogP contribution in [0.1, 0.15) is 24.0 Å². The highest BCUT2D eigenvalue weighted by molar-refractivity contribution is 5.85. The summed E-state index contributed by atoms with van der Waals surface area (Å²) in [5.41, 5.74) is 7.62. The zero-order valence-corrected chi connectivity index (χ0v) is 14.6. The van der Waals surface area contributed by atoms with Gasteiger partial charge in [-0.1, -0.05) is 60.7 Å². The minimum absolute atomic E-state index is 0. The Morgan fingerprint density at radius 2 is 1.12 bits per heavy atom. The highest BCUT2D eigenvalue weighted by Gasteiger charge is 2.16. The summed E-state index contributed by atoms with van der Waals surface area (Å²) in [7, 11) is 0. The van der Waals surface area contributed by atoms with Crippen LogP contribution in [0.15, 0.2) is 60.7 Å². The Morgan fingerprint density at radius 1 is 0.760 bits per heavy atom. The molecule has 2 N–H and O–H groups in total. The number of hydrogen-bond donors (Lipinski definition) is 1. The largest absolute Gasteiger partial charge is 0.461 e. The Bertz CT molecular complexity index is 591. The molecule has 0 saturated carbocycles. The molecule has 0 spiro atoms. The standard InChI is InChI=1S/C19H21NO4.ClH/c20-17(11-18(21)23-13-15-7-3-1-4-8-15)12-19(22)24-14-16-9-5-2-6-10-16;/h1-10,17H,11-14,20H2;1H. The molecule has 0 atom stereocenters. The van der Waals surface area contributed by atoms with E-state index in [0.29, 0.717) is 0 Å². The zero-order valence-electron chi connectivity index (χ0n) is 13.8. The van der Waals surface area contributed by atoms with Crippen molar-refractivity contribution in [3.63, 3.8) is 0 Å². The summed E-state index contributed by atoms with van der Waals surface area (Å²) in [5, 5.41) is 0. The minimum atomic E-state index is -0.614. The summed E-state index contributed by atoms with van der Waals surface area (Å²) in [6, 6.07) is 18.1. The number of carbonyl (C=O) groups excluding carboxylic acids is 2. The van der Waals surface area contributed by atoms with Crippen LogP contribution in [-0.2, 0) is 32.3 Å². The monoisotopic (exact) mass is 363 g/mol. The molecule has 0 amide bonds. The van der Waals surface area contributed by atoms with E-state index in [4.69, 9.17) is 15.2 Å². The molecule has 0 saturated heterocycles. The van der Waals surface area contributed by atoms with Crippen LogP contribution in [0.5, 0.6) is 0 Å². The predicted molar refractivity (Wildman–Crippen MR) is 96.9 cm³/mol. The lowest BCUT2D eigenvalue weighted by Gasteiger charge is -2.11. The molecule has 2 rings (SSSR count). The Labute approximate surface area is 153 Å². The summed E-state index contributed by atoms with van der Waals surface area (Å²) < 4.78 is 10.3. The average Bonchev–Trinajstić information content (AvgIpc) is 2.60. The second kappa shape index (κ2) is 11.2. The quantitative estimate of drug-likeness (QED) is 0.729. The van der Waals surface area contributed by atoms with Crippen LogP contribution < -0.4 is 5.73 Å². The lowest BCUT2D eigenvalue weighted by Crippen LogP contribution is -2.28. The van der Waals surface area contributed by atoms with Gasteiger partial charge in [-0.15, -0.1) is 12.4 Å². The van der Waals surface area contributed by atoms with Crippen molar-refractivity contribution in [3.05, 3.63) is 71.8 Å². The first-order chi connectivity index (χ1) is 11.6. The molecule has 5 nitrogen and oxygen atoms in total. The van der Waals surface area contributed by atoms with Gasteiger partial charge in [0.25, 0.3) is 0 Å². The Balaban J connectivity index is 0.00000312. The molecule has 0 aliphatic rings. The second-order valence-corrected chi connectivity index (χ2v) is 5.46. The van der Waals surface area contributed by atoms with Crippen LogP contribution in [0.2, 0.25) is 0 Å². The van der Waals surface area contributed by atoms with E-state index in [1.165, 1.54) is 0 Å². The van der Waals surface area contributed by atoms with E-state index in [9.17, 15) is 9.59 Å². The third-order valence-electron chi connectivity index (χ3n) is 3.34. The number of hydrogen-bond acceptors (Lipinski definition) is 5. The van der Waals surface area contributed by atoms with Gasteiger partial charge < -0.3 is 15.2 Å². The zero-order chi connectivity index (χ0) is 17.2. The topological polar surface area (TPSA) is 78.6 Å². The third kappa shape index (κ3) is 8.33. The first kappa shape index (κ1) is 20.7. The van der Waals surface area contributed by atoms with Crippen LogP contribution in [0.4, 0.5) is 0 Å². The maximum atomic E-state index is 11.7. The molecule has 2 aromatic rings. The maximum absolute atomic E-state index is 11.7. The van der Waals surface area contributed by atoms with Gasteiger partial charge >= 0.3 is 11.9 Å². The van der Waals surface area contributed by atoms with E-state index >= 15 is 0 Å². The molecule has 6 heteroatoms. The molecule has 0 aromatic heterocycles. The van der Waals surface area contributed by atoms with Gasteiger partial charge in [-0.25, -0.2) is 0 Å². The van der Waals surface area contributed by atoms with Crippen LogP contribution >= 0.6 is 12.4 Å². The molecule has 0 bridgehead atoms. The number of ether oxygens (including phenoxy) is 2. The Morgan fingerprint density at radius 3 is 1.48 bits per heavy atom. The van der Waals surface area contributed by atoms with Gasteiger partial charge in [-0.05, 0) is 11.1 Å². The molecule has 25 heavy (non-hydrogen) atoms. The molecular weight excluding hydrogens is 342 g/mol. The number of benzene rings is 2. The normalized spacial score (nSPS) is 10.0. The Hall–Kier alpha value is -2.37. The lowest BCUT2D eigenvalue weighted by atomic mass is 10.1. The summed E-state index contributed by atoms with van der Waals surface area (Å²) in [4.78, 5) is 23.5. The fourth-order valence-electron chi connectivity index (χ4n) is 2.09. The van der Waals surface area contributed by atoms with Crippen LogP contribution in [0, 0.1) is 0 Å². The van der Waals surface area contributed by atoms with E-state index in [0.717, 1.165) is 11.1 Å². The lowest BCUT2D eigenvalue weighted by molar-refractivity contribution is -0.147. The molecule has 0 radical (unpaired) electrons. The van der Waals surface area contributed by atoms with Crippen molar-refractivity contribution in [2.24, 2.45) is 5.73 Å². The summed E-state index contributed by atoms with van der Waals surface area (Å²) >= 11 is 0. The number of carbonyl (C=O) groups is 2. The molecule has 134 valence electrons. The first-order valence-electron chi connectivity index (χ1n) is 7.78. The third-order valence-corrected chi connectivity index (χ3v) is 3.34. The van der Waals surface area contributed by atoms with Crippen LogP contribution in [-0.4, -0.2) is 18.0 Å². The predicted octanol–water partition coefficient (Wildman–Crippen LogP) is 3.00. The fraction of sp³-hybridized carbons (Fsp3) is 0.263. The minimum Gasteiger partial charge on any atom is -0.461 e. The average molecular weight is 364 g/mol. The Kier molecular flexibility index (Phi) is 9.29. The smallest absolute Gasteiger partial charge is 0.307 e. The number of nitrogens with two attached hydrogens (primary N) is 1. The van der Waals surface area contributed by atoms with Crippen molar-refractivity contribution in [2.45, 2.75) is 32.1 Å². The highest BCUT2D eigenvalue weighted by atomic mass is 35.5. The van der Waals surface area contributed by atoms with E-state index < -0.39 is 18.0 Å².